The van der Waals surface area contributed by atoms with Crippen LogP contribution in [0.1, 0.15) is 5.56 Å². The summed E-state index contributed by atoms with van der Waals surface area (Å²) in [5.74, 6) is 0. The number of hydrogen-bond acceptors (Lipinski definition) is 1. The van der Waals surface area contributed by atoms with E-state index in [4.69, 9.17) is 0 Å². The number of halogens is 3. The van der Waals surface area contributed by atoms with Crippen LogP contribution in [-0.2, 0) is 6.42 Å². The zero-order valence-corrected chi connectivity index (χ0v) is 7.31. The summed E-state index contributed by atoms with van der Waals surface area (Å²) in [6.07, 6.45) is -4.94. The van der Waals surface area contributed by atoms with Crippen LogP contribution in [-0.4, -0.2) is 13.2 Å². The van der Waals surface area contributed by atoms with Crippen LogP contribution in [0.2, 0.25) is 0 Å². The average Bonchev–Trinajstić information content (AvgIpc) is 2.07. The first-order valence-corrected chi connectivity index (χ1v) is 3.76. The van der Waals surface area contributed by atoms with Gasteiger partial charge in [0.25, 0.3) is 0 Å². The third-order valence-electron chi connectivity index (χ3n) is 1.25. The molecule has 0 aromatic heterocycles. The lowest BCUT2D eigenvalue weighted by Crippen LogP contribution is -2.11. The van der Waals surface area contributed by atoms with Crippen LogP contribution in [0.5, 0.6) is 0 Å². The summed E-state index contributed by atoms with van der Waals surface area (Å²) < 4.78 is 35.2. The van der Waals surface area contributed by atoms with Gasteiger partial charge in [0.2, 0.25) is 0 Å². The van der Waals surface area contributed by atoms with E-state index in [1.807, 2.05) is 0 Å². The van der Waals surface area contributed by atoms with Crippen molar-refractivity contribution in [3.05, 3.63) is 35.9 Å². The molecule has 0 aliphatic heterocycles. The quantitative estimate of drug-likeness (QED) is 0.724. The van der Waals surface area contributed by atoms with Crippen LogP contribution in [0.4, 0.5) is 13.2 Å². The minimum absolute atomic E-state index is 0.306. The molecule has 0 saturated carbocycles. The molecule has 2 N–H and O–H groups in total. The molecule has 4 heteroatoms. The van der Waals surface area contributed by atoms with Crippen LogP contribution >= 0.6 is 0 Å². The van der Waals surface area contributed by atoms with E-state index in [1.54, 1.807) is 18.2 Å². The van der Waals surface area contributed by atoms with Crippen molar-refractivity contribution in [2.24, 2.45) is 5.73 Å². The number of hydrogen-bond donors (Lipinski definition) is 1. The molecule has 0 aliphatic carbocycles. The molecular weight excluding hydrogens is 179 g/mol. The van der Waals surface area contributed by atoms with Crippen LogP contribution in [0, 0.1) is 0 Å². The maximum Gasteiger partial charge on any atom is 0.393 e. The van der Waals surface area contributed by atoms with Crippen molar-refractivity contribution in [3.8, 4) is 0 Å². The summed E-state index contributed by atoms with van der Waals surface area (Å²) in [6.45, 7) is 0. The van der Waals surface area contributed by atoms with Gasteiger partial charge in [-0.3, -0.25) is 0 Å². The van der Waals surface area contributed by atoms with E-state index >= 15 is 0 Å². The number of alkyl halides is 3. The Morgan fingerprint density at radius 2 is 1.54 bits per heavy atom. The first-order valence-electron chi connectivity index (χ1n) is 3.76. The molecule has 1 aromatic rings. The Balaban J connectivity index is 0.000000671. The van der Waals surface area contributed by atoms with E-state index in [2.05, 4.69) is 5.73 Å². The molecule has 0 unspecified atom stereocenters. The van der Waals surface area contributed by atoms with Crippen molar-refractivity contribution in [2.75, 3.05) is 7.05 Å². The van der Waals surface area contributed by atoms with Gasteiger partial charge in [-0.25, -0.2) is 0 Å². The second kappa shape index (κ2) is 5.59. The van der Waals surface area contributed by atoms with Gasteiger partial charge in [0.1, 0.15) is 0 Å². The zero-order chi connectivity index (χ0) is 10.3. The largest absolute Gasteiger partial charge is 0.393 e. The Hall–Kier alpha value is -1.03. The highest BCUT2D eigenvalue weighted by molar-refractivity contribution is 5.15. The number of benzene rings is 1. The number of nitrogens with two attached hydrogens (primary N) is 1. The number of rotatable bonds is 1. The third-order valence-corrected chi connectivity index (χ3v) is 1.25. The van der Waals surface area contributed by atoms with Gasteiger partial charge in [0.15, 0.2) is 0 Å². The van der Waals surface area contributed by atoms with Gasteiger partial charge in [0, 0.05) is 0 Å². The monoisotopic (exact) mass is 191 g/mol. The maximum absolute atomic E-state index is 11.7. The van der Waals surface area contributed by atoms with Gasteiger partial charge < -0.3 is 5.73 Å². The summed E-state index contributed by atoms with van der Waals surface area (Å²) in [7, 11) is 1.50. The molecule has 13 heavy (non-hydrogen) atoms. The van der Waals surface area contributed by atoms with E-state index in [0.717, 1.165) is 0 Å². The molecule has 1 nitrogen and oxygen atoms in total. The third kappa shape index (κ3) is 6.16. The van der Waals surface area contributed by atoms with E-state index in [-0.39, 0.29) is 0 Å². The molecule has 74 valence electrons. The van der Waals surface area contributed by atoms with Gasteiger partial charge in [0.05, 0.1) is 6.42 Å². The summed E-state index contributed by atoms with van der Waals surface area (Å²) >= 11 is 0. The fourth-order valence-electron chi connectivity index (χ4n) is 0.827. The summed E-state index contributed by atoms with van der Waals surface area (Å²) in [4.78, 5) is 0. The van der Waals surface area contributed by atoms with Crippen LogP contribution in [0.15, 0.2) is 30.3 Å². The zero-order valence-electron chi connectivity index (χ0n) is 7.31. The van der Waals surface area contributed by atoms with E-state index in [0.29, 0.717) is 5.56 Å². The highest BCUT2D eigenvalue weighted by Crippen LogP contribution is 2.20. The first-order chi connectivity index (χ1) is 6.08. The smallest absolute Gasteiger partial charge is 0.333 e. The van der Waals surface area contributed by atoms with E-state index < -0.39 is 12.6 Å². The standard InChI is InChI=1S/C8H7F3.CH5N/c9-8(10,11)6-7-4-2-1-3-5-7;1-2/h1-5H,6H2;2H2,1H3. The second-order valence-corrected chi connectivity index (χ2v) is 2.28. The van der Waals surface area contributed by atoms with Crippen molar-refractivity contribution in [1.29, 1.82) is 0 Å². The summed E-state index contributed by atoms with van der Waals surface area (Å²) in [6, 6.07) is 7.82. The lowest BCUT2D eigenvalue weighted by atomic mass is 10.1. The Labute approximate surface area is 75.4 Å². The molecule has 0 amide bonds. The molecule has 1 rings (SSSR count). The van der Waals surface area contributed by atoms with Gasteiger partial charge in [-0.2, -0.15) is 13.2 Å². The lowest BCUT2D eigenvalue weighted by molar-refractivity contribution is -0.127. The van der Waals surface area contributed by atoms with Gasteiger partial charge in [-0.05, 0) is 12.6 Å². The van der Waals surface area contributed by atoms with Crippen LogP contribution in [0.3, 0.4) is 0 Å². The second-order valence-electron chi connectivity index (χ2n) is 2.28. The predicted molar refractivity (Wildman–Crippen MR) is 46.3 cm³/mol. The van der Waals surface area contributed by atoms with Crippen molar-refractivity contribution < 1.29 is 13.2 Å². The maximum atomic E-state index is 11.7. The molecule has 0 fully saturated rings. The van der Waals surface area contributed by atoms with E-state index in [1.165, 1.54) is 19.2 Å². The van der Waals surface area contributed by atoms with Crippen molar-refractivity contribution >= 4 is 0 Å². The van der Waals surface area contributed by atoms with E-state index in [9.17, 15) is 13.2 Å². The molecule has 0 saturated heterocycles. The van der Waals surface area contributed by atoms with Crippen LogP contribution in [0.25, 0.3) is 0 Å². The Morgan fingerprint density at radius 3 is 1.92 bits per heavy atom. The van der Waals surface area contributed by atoms with Crippen molar-refractivity contribution in [2.45, 2.75) is 12.6 Å². The predicted octanol–water partition coefficient (Wildman–Crippen LogP) is 2.37. The molecule has 0 heterocycles. The van der Waals surface area contributed by atoms with Gasteiger partial charge in [-0.15, -0.1) is 0 Å². The fourth-order valence-corrected chi connectivity index (χ4v) is 0.827. The highest BCUT2D eigenvalue weighted by atomic mass is 19.4. The SMILES string of the molecule is CN.FC(F)(F)Cc1ccccc1. The highest BCUT2D eigenvalue weighted by Gasteiger charge is 2.27. The minimum atomic E-state index is -4.10. The Kier molecular flexibility index (Phi) is 5.14. The molecule has 0 aliphatic rings. The minimum Gasteiger partial charge on any atom is -0.333 e. The van der Waals surface area contributed by atoms with Crippen molar-refractivity contribution in [1.82, 2.24) is 0 Å². The van der Waals surface area contributed by atoms with Gasteiger partial charge in [-0.1, -0.05) is 30.3 Å². The lowest BCUT2D eigenvalue weighted by Gasteiger charge is -2.04. The first kappa shape index (κ1) is 12.0. The molecule has 0 spiro atoms. The Bertz CT molecular complexity index is 218. The Morgan fingerprint density at radius 1 is 1.08 bits per heavy atom. The molecule has 1 aromatic carbocycles. The van der Waals surface area contributed by atoms with Crippen LogP contribution < -0.4 is 5.73 Å². The molecular formula is C9H12F3N. The fraction of sp³-hybridized carbons (Fsp3) is 0.333. The summed E-state index contributed by atoms with van der Waals surface area (Å²) in [5.41, 5.74) is 4.81. The molecule has 0 atom stereocenters. The molecule has 0 bridgehead atoms. The topological polar surface area (TPSA) is 26.0 Å². The van der Waals surface area contributed by atoms with Crippen molar-refractivity contribution in [3.63, 3.8) is 0 Å². The average molecular weight is 191 g/mol. The normalized spacial score (nSPS) is 10.2. The summed E-state index contributed by atoms with van der Waals surface area (Å²) in [5, 5.41) is 0. The molecule has 0 radical (unpaired) electrons. The van der Waals surface area contributed by atoms with Gasteiger partial charge >= 0.3 is 6.18 Å².